The summed E-state index contributed by atoms with van der Waals surface area (Å²) < 4.78 is 12.6. The van der Waals surface area contributed by atoms with Gasteiger partial charge in [0.15, 0.2) is 5.82 Å². The first-order valence-corrected chi connectivity index (χ1v) is 8.41. The van der Waals surface area contributed by atoms with Crippen LogP contribution in [0.2, 0.25) is 0 Å². The lowest BCUT2D eigenvalue weighted by molar-refractivity contribution is 0.0360. The van der Waals surface area contributed by atoms with E-state index < -0.39 is 0 Å². The Hall–Kier alpha value is -2.64. The number of furan rings is 1. The van der Waals surface area contributed by atoms with Crippen molar-refractivity contribution < 1.29 is 13.9 Å². The van der Waals surface area contributed by atoms with Crippen LogP contribution >= 0.6 is 0 Å². The van der Waals surface area contributed by atoms with Crippen LogP contribution in [0, 0.1) is 0 Å². The van der Waals surface area contributed by atoms with Crippen molar-refractivity contribution in [3.63, 3.8) is 0 Å². The summed E-state index contributed by atoms with van der Waals surface area (Å²) in [4.78, 5) is 14.8. The maximum absolute atomic E-state index is 12.5. The fourth-order valence-corrected chi connectivity index (χ4v) is 2.96. The van der Waals surface area contributed by atoms with Crippen LogP contribution in [0.1, 0.15) is 10.4 Å². The number of hydrogen-bond acceptors (Lipinski definition) is 5. The fraction of sp³-hybridized carbons (Fsp3) is 0.333. The van der Waals surface area contributed by atoms with E-state index in [-0.39, 0.29) is 5.91 Å². The summed E-state index contributed by atoms with van der Waals surface area (Å²) in [6, 6.07) is 9.28. The Labute approximate surface area is 145 Å². The molecule has 1 aliphatic rings. The van der Waals surface area contributed by atoms with Crippen molar-refractivity contribution in [2.75, 3.05) is 38.2 Å². The molecule has 2 aromatic heterocycles. The summed E-state index contributed by atoms with van der Waals surface area (Å²) in [6.45, 7) is 5.20. The highest BCUT2D eigenvalue weighted by atomic mass is 16.5. The number of ether oxygens (including phenoxy) is 1. The molecule has 0 radical (unpaired) electrons. The zero-order valence-corrected chi connectivity index (χ0v) is 13.9. The number of carbonyl (C=O) groups excluding carboxylic acids is 1. The highest BCUT2D eigenvalue weighted by Crippen LogP contribution is 2.21. The zero-order valence-electron chi connectivity index (χ0n) is 13.9. The zero-order chi connectivity index (χ0) is 17.1. The maximum atomic E-state index is 12.5. The first kappa shape index (κ1) is 15.9. The summed E-state index contributed by atoms with van der Waals surface area (Å²) in [6.07, 6.45) is 3.36. The Morgan fingerprint density at radius 2 is 2.00 bits per heavy atom. The molecule has 0 saturated carbocycles. The van der Waals surface area contributed by atoms with E-state index in [1.54, 1.807) is 6.07 Å². The molecule has 1 aromatic carbocycles. The van der Waals surface area contributed by atoms with Crippen molar-refractivity contribution in [2.45, 2.75) is 6.54 Å². The second-order valence-electron chi connectivity index (χ2n) is 6.02. The molecule has 4 rings (SSSR count). The first-order chi connectivity index (χ1) is 12.3. The van der Waals surface area contributed by atoms with Gasteiger partial charge < -0.3 is 14.5 Å². The van der Waals surface area contributed by atoms with Gasteiger partial charge in [-0.3, -0.25) is 14.4 Å². The van der Waals surface area contributed by atoms with Crippen LogP contribution in [0.25, 0.3) is 11.0 Å². The van der Waals surface area contributed by atoms with Crippen molar-refractivity contribution >= 4 is 22.7 Å². The molecule has 1 amide bonds. The standard InChI is InChI=1S/C18H20N4O3/c23-18(15-13-25-16-4-2-1-3-14(15)16)19-17-5-6-22(20-17)8-7-21-9-11-24-12-10-21/h1-6,13H,7-12H2,(H,19,20,23). The summed E-state index contributed by atoms with van der Waals surface area (Å²) in [7, 11) is 0. The van der Waals surface area contributed by atoms with Gasteiger partial charge >= 0.3 is 0 Å². The number of benzene rings is 1. The van der Waals surface area contributed by atoms with E-state index in [9.17, 15) is 4.79 Å². The van der Waals surface area contributed by atoms with E-state index in [0.29, 0.717) is 17.0 Å². The minimum atomic E-state index is -0.219. The van der Waals surface area contributed by atoms with Crippen molar-refractivity contribution in [1.29, 1.82) is 0 Å². The van der Waals surface area contributed by atoms with Crippen molar-refractivity contribution in [2.24, 2.45) is 0 Å². The number of amides is 1. The molecule has 0 atom stereocenters. The quantitative estimate of drug-likeness (QED) is 0.771. The monoisotopic (exact) mass is 340 g/mol. The number of para-hydroxylation sites is 1. The van der Waals surface area contributed by atoms with E-state index in [0.717, 1.165) is 44.8 Å². The lowest BCUT2D eigenvalue weighted by Crippen LogP contribution is -2.38. The Morgan fingerprint density at radius 3 is 2.88 bits per heavy atom. The Bertz CT molecular complexity index is 864. The summed E-state index contributed by atoms with van der Waals surface area (Å²) >= 11 is 0. The molecule has 1 aliphatic heterocycles. The number of carbonyl (C=O) groups is 1. The topological polar surface area (TPSA) is 72.5 Å². The van der Waals surface area contributed by atoms with Crippen LogP contribution < -0.4 is 5.32 Å². The Morgan fingerprint density at radius 1 is 1.16 bits per heavy atom. The largest absolute Gasteiger partial charge is 0.463 e. The number of hydrogen-bond donors (Lipinski definition) is 1. The lowest BCUT2D eigenvalue weighted by atomic mass is 10.1. The average Bonchev–Trinajstić information content (AvgIpc) is 3.27. The van der Waals surface area contributed by atoms with E-state index >= 15 is 0 Å². The molecule has 7 nitrogen and oxygen atoms in total. The Balaban J connectivity index is 1.38. The van der Waals surface area contributed by atoms with Gasteiger partial charge in [-0.05, 0) is 6.07 Å². The van der Waals surface area contributed by atoms with Gasteiger partial charge in [-0.1, -0.05) is 18.2 Å². The van der Waals surface area contributed by atoms with Crippen LogP contribution in [0.4, 0.5) is 5.82 Å². The molecule has 1 fully saturated rings. The number of nitrogens with one attached hydrogen (secondary N) is 1. The van der Waals surface area contributed by atoms with Crippen LogP contribution in [0.15, 0.2) is 47.2 Å². The van der Waals surface area contributed by atoms with Gasteiger partial charge in [0.25, 0.3) is 5.91 Å². The van der Waals surface area contributed by atoms with Crippen LogP contribution in [0.5, 0.6) is 0 Å². The minimum Gasteiger partial charge on any atom is -0.463 e. The SMILES string of the molecule is O=C(Nc1ccn(CCN2CCOCC2)n1)c1coc2ccccc12. The smallest absolute Gasteiger partial charge is 0.260 e. The van der Waals surface area contributed by atoms with E-state index in [2.05, 4.69) is 15.3 Å². The highest BCUT2D eigenvalue weighted by molar-refractivity contribution is 6.11. The maximum Gasteiger partial charge on any atom is 0.260 e. The molecule has 0 aliphatic carbocycles. The normalized spacial score (nSPS) is 15.5. The molecule has 0 bridgehead atoms. The number of rotatable bonds is 5. The second kappa shape index (κ2) is 7.08. The first-order valence-electron chi connectivity index (χ1n) is 8.41. The van der Waals surface area contributed by atoms with Gasteiger partial charge in [-0.2, -0.15) is 5.10 Å². The molecule has 25 heavy (non-hydrogen) atoms. The molecule has 3 aromatic rings. The van der Waals surface area contributed by atoms with Crippen molar-refractivity contribution in [3.8, 4) is 0 Å². The summed E-state index contributed by atoms with van der Waals surface area (Å²) in [5.74, 6) is 0.320. The molecule has 7 heteroatoms. The third-order valence-corrected chi connectivity index (χ3v) is 4.36. The molecule has 130 valence electrons. The third kappa shape index (κ3) is 3.57. The van der Waals surface area contributed by atoms with Gasteiger partial charge in [0, 0.05) is 37.3 Å². The average molecular weight is 340 g/mol. The molecule has 1 saturated heterocycles. The lowest BCUT2D eigenvalue weighted by Gasteiger charge is -2.26. The van der Waals surface area contributed by atoms with Crippen LogP contribution in [-0.4, -0.2) is 53.4 Å². The van der Waals surface area contributed by atoms with Crippen LogP contribution in [0.3, 0.4) is 0 Å². The van der Waals surface area contributed by atoms with E-state index in [4.69, 9.17) is 9.15 Å². The predicted octanol–water partition coefficient (Wildman–Crippen LogP) is 2.21. The molecule has 0 unspecified atom stereocenters. The molecule has 0 spiro atoms. The number of morpholine rings is 1. The third-order valence-electron chi connectivity index (χ3n) is 4.36. The van der Waals surface area contributed by atoms with Crippen molar-refractivity contribution in [3.05, 3.63) is 48.4 Å². The number of fused-ring (bicyclic) bond motifs is 1. The fourth-order valence-electron chi connectivity index (χ4n) is 2.96. The molecular formula is C18H20N4O3. The number of aromatic nitrogens is 2. The number of anilines is 1. The highest BCUT2D eigenvalue weighted by Gasteiger charge is 2.15. The summed E-state index contributed by atoms with van der Waals surface area (Å²) in [5.41, 5.74) is 1.21. The minimum absolute atomic E-state index is 0.219. The van der Waals surface area contributed by atoms with E-state index in [1.807, 2.05) is 35.1 Å². The van der Waals surface area contributed by atoms with E-state index in [1.165, 1.54) is 6.26 Å². The van der Waals surface area contributed by atoms with Gasteiger partial charge in [0.1, 0.15) is 11.8 Å². The van der Waals surface area contributed by atoms with Crippen molar-refractivity contribution in [1.82, 2.24) is 14.7 Å². The predicted molar refractivity (Wildman–Crippen MR) is 93.7 cm³/mol. The molecule has 1 N–H and O–H groups in total. The Kier molecular flexibility index (Phi) is 4.49. The van der Waals surface area contributed by atoms with Gasteiger partial charge in [-0.25, -0.2) is 0 Å². The molecular weight excluding hydrogens is 320 g/mol. The van der Waals surface area contributed by atoms with Gasteiger partial charge in [-0.15, -0.1) is 0 Å². The molecule has 3 heterocycles. The number of nitrogens with zero attached hydrogens (tertiary/aromatic N) is 3. The van der Waals surface area contributed by atoms with Gasteiger partial charge in [0.05, 0.1) is 25.3 Å². The van der Waals surface area contributed by atoms with Gasteiger partial charge in [0.2, 0.25) is 0 Å². The van der Waals surface area contributed by atoms with Crippen LogP contribution in [-0.2, 0) is 11.3 Å². The summed E-state index contributed by atoms with van der Waals surface area (Å²) in [5, 5.41) is 8.05. The second-order valence-corrected chi connectivity index (χ2v) is 6.02.